The Balaban J connectivity index is 1.44. The summed E-state index contributed by atoms with van der Waals surface area (Å²) in [5.41, 5.74) is 7.94. The van der Waals surface area contributed by atoms with Gasteiger partial charge in [-0.25, -0.2) is 9.78 Å². The average Bonchev–Trinajstić information content (AvgIpc) is 2.98. The SMILES string of the molecule is Cc1ccc(Nc2ncc3c(n2)n(C2C4CC5CC2CC(O)(C5)C4)c(=O)n3C)c(C(N)=O)c1. The number of carbonyl (C=O) groups excluding carboxylic acids is 1. The second-order valence-corrected chi connectivity index (χ2v) is 10.3. The number of rotatable bonds is 4. The summed E-state index contributed by atoms with van der Waals surface area (Å²) in [7, 11) is 1.74. The lowest BCUT2D eigenvalue weighted by Gasteiger charge is -2.58. The molecule has 4 fully saturated rings. The predicted molar refractivity (Wildman–Crippen MR) is 123 cm³/mol. The van der Waals surface area contributed by atoms with Crippen molar-refractivity contribution in [3.63, 3.8) is 0 Å². The molecule has 4 bridgehead atoms. The first-order chi connectivity index (χ1) is 15.7. The Morgan fingerprint density at radius 3 is 2.64 bits per heavy atom. The van der Waals surface area contributed by atoms with Crippen LogP contribution in [0.25, 0.3) is 11.2 Å². The van der Waals surface area contributed by atoms with E-state index in [1.807, 2.05) is 17.6 Å². The van der Waals surface area contributed by atoms with E-state index < -0.39 is 11.5 Å². The van der Waals surface area contributed by atoms with Crippen molar-refractivity contribution in [2.24, 2.45) is 30.5 Å². The zero-order chi connectivity index (χ0) is 23.1. The molecule has 2 aromatic heterocycles. The van der Waals surface area contributed by atoms with Crippen LogP contribution in [0, 0.1) is 24.7 Å². The molecule has 9 heteroatoms. The second-order valence-electron chi connectivity index (χ2n) is 10.3. The zero-order valence-electron chi connectivity index (χ0n) is 18.8. The molecule has 4 aliphatic carbocycles. The molecule has 4 aliphatic rings. The van der Waals surface area contributed by atoms with Crippen molar-refractivity contribution >= 4 is 28.7 Å². The van der Waals surface area contributed by atoms with Gasteiger partial charge in [0, 0.05) is 13.1 Å². The molecule has 9 nitrogen and oxygen atoms in total. The van der Waals surface area contributed by atoms with Crippen molar-refractivity contribution < 1.29 is 9.90 Å². The van der Waals surface area contributed by atoms with Gasteiger partial charge in [0.1, 0.15) is 5.52 Å². The Bertz CT molecular complexity index is 1340. The van der Waals surface area contributed by atoms with Gasteiger partial charge in [-0.3, -0.25) is 13.9 Å². The molecule has 33 heavy (non-hydrogen) atoms. The fourth-order valence-corrected chi connectivity index (χ4v) is 6.93. The van der Waals surface area contributed by atoms with E-state index in [2.05, 4.69) is 10.3 Å². The summed E-state index contributed by atoms with van der Waals surface area (Å²) >= 11 is 0. The van der Waals surface area contributed by atoms with Gasteiger partial charge in [0.15, 0.2) is 5.65 Å². The van der Waals surface area contributed by atoms with Gasteiger partial charge < -0.3 is 16.2 Å². The third-order valence-electron chi connectivity index (χ3n) is 8.01. The van der Waals surface area contributed by atoms with Crippen molar-refractivity contribution in [1.82, 2.24) is 19.1 Å². The van der Waals surface area contributed by atoms with E-state index in [1.165, 1.54) is 0 Å². The third-order valence-corrected chi connectivity index (χ3v) is 8.01. The van der Waals surface area contributed by atoms with Gasteiger partial charge in [-0.15, -0.1) is 0 Å². The van der Waals surface area contributed by atoms with Gasteiger partial charge in [-0.05, 0) is 68.9 Å². The minimum atomic E-state index is -0.570. The lowest BCUT2D eigenvalue weighted by Crippen LogP contribution is -2.56. The van der Waals surface area contributed by atoms with Gasteiger partial charge in [0.25, 0.3) is 5.91 Å². The molecule has 2 atom stereocenters. The number of hydrogen-bond donors (Lipinski definition) is 3. The summed E-state index contributed by atoms with van der Waals surface area (Å²) in [4.78, 5) is 34.4. The molecule has 0 radical (unpaired) electrons. The highest BCUT2D eigenvalue weighted by molar-refractivity contribution is 5.99. The van der Waals surface area contributed by atoms with Crippen LogP contribution in [0.5, 0.6) is 0 Å². The number of aromatic nitrogens is 4. The molecule has 0 aliphatic heterocycles. The number of primary amides is 1. The summed E-state index contributed by atoms with van der Waals surface area (Å²) < 4.78 is 3.43. The fourth-order valence-electron chi connectivity index (χ4n) is 6.93. The molecule has 0 saturated heterocycles. The lowest BCUT2D eigenvalue weighted by molar-refractivity contribution is -0.146. The molecular formula is C24H28N6O3. The minimum absolute atomic E-state index is 0.0290. The second kappa shape index (κ2) is 6.90. The molecule has 7 rings (SSSR count). The number of carbonyl (C=O) groups is 1. The summed E-state index contributed by atoms with van der Waals surface area (Å²) in [6.07, 6.45) is 6.13. The van der Waals surface area contributed by atoms with Crippen molar-refractivity contribution in [3.8, 4) is 0 Å². The smallest absolute Gasteiger partial charge is 0.330 e. The number of imidazole rings is 1. The highest BCUT2D eigenvalue weighted by Crippen LogP contribution is 2.59. The van der Waals surface area contributed by atoms with E-state index in [4.69, 9.17) is 10.7 Å². The van der Waals surface area contributed by atoms with Crippen LogP contribution in [0.3, 0.4) is 0 Å². The number of fused-ring (bicyclic) bond motifs is 1. The van der Waals surface area contributed by atoms with Crippen molar-refractivity contribution in [1.29, 1.82) is 0 Å². The minimum Gasteiger partial charge on any atom is -0.390 e. The van der Waals surface area contributed by atoms with Gasteiger partial charge in [-0.1, -0.05) is 11.6 Å². The molecule has 1 aromatic carbocycles. The number of anilines is 2. The molecule has 4 N–H and O–H groups in total. The average molecular weight is 449 g/mol. The summed E-state index contributed by atoms with van der Waals surface area (Å²) in [5, 5.41) is 14.1. The number of aliphatic hydroxyl groups is 1. The van der Waals surface area contributed by atoms with Crippen LogP contribution in [-0.4, -0.2) is 35.7 Å². The van der Waals surface area contributed by atoms with Crippen molar-refractivity contribution in [2.75, 3.05) is 5.32 Å². The van der Waals surface area contributed by atoms with Crippen LogP contribution in [-0.2, 0) is 7.05 Å². The first kappa shape index (κ1) is 20.4. The standard InChI is InChI=1S/C24H28N6O3/c1-12-3-4-17(16(5-12)20(25)31)27-22-26-11-18-21(28-22)30(23(32)29(18)2)19-14-6-13-7-15(19)10-24(33,8-13)9-14/h3-5,11,13-15,19,33H,6-10H2,1-2H3,(H2,25,31)(H,26,27,28). The number of amides is 1. The fraction of sp³-hybridized carbons (Fsp3) is 0.500. The molecule has 2 heterocycles. The van der Waals surface area contributed by atoms with Crippen LogP contribution >= 0.6 is 0 Å². The summed E-state index contributed by atoms with van der Waals surface area (Å²) in [6, 6.07) is 5.41. The largest absolute Gasteiger partial charge is 0.390 e. The summed E-state index contributed by atoms with van der Waals surface area (Å²) in [5.74, 6) is 0.861. The van der Waals surface area contributed by atoms with E-state index in [0.717, 1.165) is 37.7 Å². The van der Waals surface area contributed by atoms with Crippen molar-refractivity contribution in [2.45, 2.75) is 50.7 Å². The van der Waals surface area contributed by atoms with Crippen LogP contribution in [0.4, 0.5) is 11.6 Å². The van der Waals surface area contributed by atoms with Crippen LogP contribution < -0.4 is 16.7 Å². The summed E-state index contributed by atoms with van der Waals surface area (Å²) in [6.45, 7) is 1.89. The Hall–Kier alpha value is -3.20. The molecule has 0 spiro atoms. The van der Waals surface area contributed by atoms with Gasteiger partial charge in [0.2, 0.25) is 5.95 Å². The van der Waals surface area contributed by atoms with Crippen LogP contribution in [0.2, 0.25) is 0 Å². The van der Waals surface area contributed by atoms with Gasteiger partial charge in [-0.2, -0.15) is 4.98 Å². The molecule has 2 unspecified atom stereocenters. The van der Waals surface area contributed by atoms with E-state index in [1.54, 1.807) is 29.9 Å². The highest BCUT2D eigenvalue weighted by atomic mass is 16.3. The number of nitrogens with zero attached hydrogens (tertiary/aromatic N) is 4. The number of aryl methyl sites for hydroxylation is 2. The van der Waals surface area contributed by atoms with E-state index in [0.29, 0.717) is 34.3 Å². The Morgan fingerprint density at radius 1 is 1.24 bits per heavy atom. The molecule has 4 saturated carbocycles. The maximum absolute atomic E-state index is 13.4. The van der Waals surface area contributed by atoms with E-state index in [-0.39, 0.29) is 23.6 Å². The van der Waals surface area contributed by atoms with Crippen LogP contribution in [0.1, 0.15) is 54.1 Å². The highest BCUT2D eigenvalue weighted by Gasteiger charge is 2.56. The van der Waals surface area contributed by atoms with E-state index >= 15 is 0 Å². The lowest BCUT2D eigenvalue weighted by atomic mass is 9.52. The molecule has 1 amide bonds. The Morgan fingerprint density at radius 2 is 1.97 bits per heavy atom. The number of nitrogens with two attached hydrogens (primary N) is 1. The third kappa shape index (κ3) is 3.09. The number of benzene rings is 1. The maximum atomic E-state index is 13.4. The Kier molecular flexibility index (Phi) is 4.27. The molecule has 172 valence electrons. The monoisotopic (exact) mass is 448 g/mol. The number of hydrogen-bond acceptors (Lipinski definition) is 6. The quantitative estimate of drug-likeness (QED) is 0.562. The topological polar surface area (TPSA) is 128 Å². The first-order valence-corrected chi connectivity index (χ1v) is 11.6. The predicted octanol–water partition coefficient (Wildman–Crippen LogP) is 2.39. The zero-order valence-corrected chi connectivity index (χ0v) is 18.8. The van der Waals surface area contributed by atoms with E-state index in [9.17, 15) is 14.7 Å². The number of nitrogens with one attached hydrogen (secondary N) is 1. The van der Waals surface area contributed by atoms with Crippen molar-refractivity contribution in [3.05, 3.63) is 46.0 Å². The first-order valence-electron chi connectivity index (χ1n) is 11.6. The molecule has 3 aromatic rings. The van der Waals surface area contributed by atoms with Crippen LogP contribution in [0.15, 0.2) is 29.2 Å². The normalized spacial score (nSPS) is 30.2. The Labute approximate surface area is 190 Å². The maximum Gasteiger partial charge on any atom is 0.330 e. The van der Waals surface area contributed by atoms with Gasteiger partial charge in [0.05, 0.1) is 23.0 Å². The van der Waals surface area contributed by atoms with Gasteiger partial charge >= 0.3 is 5.69 Å². The molecular weight excluding hydrogens is 420 g/mol.